The molecule has 1 N–H and O–H groups in total. The summed E-state index contributed by atoms with van der Waals surface area (Å²) in [4.78, 5) is 17.1. The van der Waals surface area contributed by atoms with E-state index in [4.69, 9.17) is 27.6 Å². The molecule has 4 nitrogen and oxygen atoms in total. The highest BCUT2D eigenvalue weighted by Gasteiger charge is 2.13. The monoisotopic (exact) mass is 396 g/mol. The number of carbonyl (C=O) groups is 1. The number of amides is 1. The van der Waals surface area contributed by atoms with Gasteiger partial charge in [0.2, 0.25) is 5.89 Å². The molecule has 27 heavy (non-hydrogen) atoms. The largest absolute Gasteiger partial charge is 0.436 e. The highest BCUT2D eigenvalue weighted by molar-refractivity contribution is 6.37. The third kappa shape index (κ3) is 3.54. The lowest BCUT2D eigenvalue weighted by molar-refractivity contribution is 0.102. The summed E-state index contributed by atoms with van der Waals surface area (Å²) < 4.78 is 5.85. The number of nitrogens with zero attached hydrogens (tertiary/aromatic N) is 1. The molecule has 3 aromatic carbocycles. The summed E-state index contributed by atoms with van der Waals surface area (Å²) in [5.41, 5.74) is 4.34. The average molecular weight is 397 g/mol. The van der Waals surface area contributed by atoms with Crippen molar-refractivity contribution < 1.29 is 9.21 Å². The first-order chi connectivity index (χ1) is 13.0. The fourth-order valence-electron chi connectivity index (χ4n) is 2.81. The maximum atomic E-state index is 12.5. The van der Waals surface area contributed by atoms with Crippen LogP contribution in [0, 0.1) is 6.92 Å². The van der Waals surface area contributed by atoms with Crippen molar-refractivity contribution in [3.63, 3.8) is 0 Å². The Kier molecular flexibility index (Phi) is 4.60. The van der Waals surface area contributed by atoms with Gasteiger partial charge in [0.15, 0.2) is 5.58 Å². The van der Waals surface area contributed by atoms with Crippen molar-refractivity contribution in [3.8, 4) is 11.5 Å². The van der Waals surface area contributed by atoms with Gasteiger partial charge in [-0.3, -0.25) is 4.79 Å². The Morgan fingerprint density at radius 2 is 1.85 bits per heavy atom. The second kappa shape index (κ2) is 7.06. The van der Waals surface area contributed by atoms with E-state index >= 15 is 0 Å². The molecular formula is C21H14Cl2N2O2. The number of hydrogen-bond acceptors (Lipinski definition) is 3. The minimum atomic E-state index is -0.317. The van der Waals surface area contributed by atoms with Crippen LogP contribution in [0.15, 0.2) is 65.1 Å². The summed E-state index contributed by atoms with van der Waals surface area (Å²) in [6.07, 6.45) is 0. The predicted molar refractivity (Wildman–Crippen MR) is 109 cm³/mol. The Hall–Kier alpha value is -2.82. The van der Waals surface area contributed by atoms with Crippen LogP contribution in [0.4, 0.5) is 5.69 Å². The Balaban J connectivity index is 1.64. The van der Waals surface area contributed by atoms with Crippen molar-refractivity contribution in [2.75, 3.05) is 5.32 Å². The van der Waals surface area contributed by atoms with Crippen LogP contribution in [0.1, 0.15) is 15.9 Å². The summed E-state index contributed by atoms with van der Waals surface area (Å²) in [6, 6.07) is 17.9. The zero-order valence-corrected chi connectivity index (χ0v) is 15.8. The van der Waals surface area contributed by atoms with Gasteiger partial charge < -0.3 is 9.73 Å². The van der Waals surface area contributed by atoms with Gasteiger partial charge in [-0.25, -0.2) is 4.98 Å². The lowest BCUT2D eigenvalue weighted by Crippen LogP contribution is -2.12. The lowest BCUT2D eigenvalue weighted by Gasteiger charge is -2.08. The quantitative estimate of drug-likeness (QED) is 0.438. The van der Waals surface area contributed by atoms with E-state index in [1.165, 1.54) is 6.07 Å². The first kappa shape index (κ1) is 17.6. The number of nitrogens with one attached hydrogen (secondary N) is 1. The van der Waals surface area contributed by atoms with E-state index in [2.05, 4.69) is 10.3 Å². The molecule has 0 aliphatic rings. The maximum absolute atomic E-state index is 12.5. The van der Waals surface area contributed by atoms with Crippen LogP contribution >= 0.6 is 23.2 Å². The first-order valence-electron chi connectivity index (χ1n) is 8.24. The average Bonchev–Trinajstić information content (AvgIpc) is 3.07. The zero-order valence-electron chi connectivity index (χ0n) is 14.3. The molecule has 0 aliphatic carbocycles. The molecule has 0 radical (unpaired) electrons. The second-order valence-corrected chi connectivity index (χ2v) is 6.94. The molecule has 4 rings (SSSR count). The minimum Gasteiger partial charge on any atom is -0.436 e. The standard InChI is InChI=1S/C21H14Cl2N2O2/c1-12-4-2-7-18-19(12)25-21(27-18)13-5-3-6-15(10-13)24-20(26)16-9-8-14(22)11-17(16)23/h2-11H,1H3,(H,24,26). The molecule has 0 fully saturated rings. The summed E-state index contributed by atoms with van der Waals surface area (Å²) >= 11 is 12.0. The second-order valence-electron chi connectivity index (χ2n) is 6.10. The molecule has 0 saturated carbocycles. The number of oxazole rings is 1. The molecule has 134 valence electrons. The van der Waals surface area contributed by atoms with Crippen molar-refractivity contribution >= 4 is 45.9 Å². The van der Waals surface area contributed by atoms with Gasteiger partial charge in [-0.05, 0) is 55.0 Å². The number of hydrogen-bond donors (Lipinski definition) is 1. The molecule has 0 saturated heterocycles. The Labute approximate surface area is 165 Å². The highest BCUT2D eigenvalue weighted by Crippen LogP contribution is 2.28. The van der Waals surface area contributed by atoms with Gasteiger partial charge in [-0.1, -0.05) is 41.4 Å². The number of carbonyl (C=O) groups excluding carboxylic acids is 1. The number of benzene rings is 3. The van der Waals surface area contributed by atoms with Gasteiger partial charge >= 0.3 is 0 Å². The van der Waals surface area contributed by atoms with Crippen molar-refractivity contribution in [2.45, 2.75) is 6.92 Å². The van der Waals surface area contributed by atoms with Gasteiger partial charge in [0.1, 0.15) is 5.52 Å². The molecule has 0 aliphatic heterocycles. The van der Waals surface area contributed by atoms with E-state index < -0.39 is 0 Å². The SMILES string of the molecule is Cc1cccc2oc(-c3cccc(NC(=O)c4ccc(Cl)cc4Cl)c3)nc12. The Morgan fingerprint density at radius 1 is 1.04 bits per heavy atom. The van der Waals surface area contributed by atoms with Crippen molar-refractivity contribution in [1.82, 2.24) is 4.98 Å². The normalized spacial score (nSPS) is 10.9. The highest BCUT2D eigenvalue weighted by atomic mass is 35.5. The smallest absolute Gasteiger partial charge is 0.257 e. The molecule has 0 atom stereocenters. The molecule has 6 heteroatoms. The molecule has 1 heterocycles. The molecular weight excluding hydrogens is 383 g/mol. The van der Waals surface area contributed by atoms with E-state index in [1.54, 1.807) is 18.2 Å². The molecule has 1 amide bonds. The van der Waals surface area contributed by atoms with Gasteiger partial charge in [-0.15, -0.1) is 0 Å². The van der Waals surface area contributed by atoms with Gasteiger partial charge in [0, 0.05) is 16.3 Å². The van der Waals surface area contributed by atoms with Crippen LogP contribution in [0.25, 0.3) is 22.6 Å². The van der Waals surface area contributed by atoms with Crippen LogP contribution < -0.4 is 5.32 Å². The van der Waals surface area contributed by atoms with Crippen molar-refractivity contribution in [3.05, 3.63) is 81.8 Å². The molecule has 0 spiro atoms. The number of aryl methyl sites for hydroxylation is 1. The van der Waals surface area contributed by atoms with Crippen LogP contribution in [0.5, 0.6) is 0 Å². The third-order valence-electron chi connectivity index (χ3n) is 4.16. The van der Waals surface area contributed by atoms with Gasteiger partial charge in [0.05, 0.1) is 10.6 Å². The van der Waals surface area contributed by atoms with Crippen LogP contribution in [-0.2, 0) is 0 Å². The lowest BCUT2D eigenvalue weighted by atomic mass is 10.1. The number of anilines is 1. The van der Waals surface area contributed by atoms with E-state index in [0.29, 0.717) is 27.2 Å². The zero-order chi connectivity index (χ0) is 19.0. The number of rotatable bonds is 3. The van der Waals surface area contributed by atoms with Crippen LogP contribution in [0.2, 0.25) is 10.0 Å². The summed E-state index contributed by atoms with van der Waals surface area (Å²) in [5, 5.41) is 3.61. The fourth-order valence-corrected chi connectivity index (χ4v) is 3.31. The van der Waals surface area contributed by atoms with E-state index in [9.17, 15) is 4.79 Å². The van der Waals surface area contributed by atoms with Crippen molar-refractivity contribution in [1.29, 1.82) is 0 Å². The maximum Gasteiger partial charge on any atom is 0.257 e. The summed E-state index contributed by atoms with van der Waals surface area (Å²) in [6.45, 7) is 1.99. The van der Waals surface area contributed by atoms with Gasteiger partial charge in [0.25, 0.3) is 5.91 Å². The Morgan fingerprint density at radius 3 is 2.63 bits per heavy atom. The molecule has 1 aromatic heterocycles. The molecule has 4 aromatic rings. The Bertz CT molecular complexity index is 1170. The molecule has 0 unspecified atom stereocenters. The first-order valence-corrected chi connectivity index (χ1v) is 9.00. The molecule has 0 bridgehead atoms. The number of aromatic nitrogens is 1. The van der Waals surface area contributed by atoms with E-state index in [0.717, 1.165) is 22.2 Å². The van der Waals surface area contributed by atoms with E-state index in [-0.39, 0.29) is 5.91 Å². The number of fused-ring (bicyclic) bond motifs is 1. The van der Waals surface area contributed by atoms with E-state index in [1.807, 2.05) is 43.3 Å². The topological polar surface area (TPSA) is 55.1 Å². The number of halogens is 2. The fraction of sp³-hybridized carbons (Fsp3) is 0.0476. The third-order valence-corrected chi connectivity index (χ3v) is 4.71. The predicted octanol–water partition coefficient (Wildman–Crippen LogP) is 6.36. The van der Waals surface area contributed by atoms with Crippen LogP contribution in [0.3, 0.4) is 0 Å². The summed E-state index contributed by atoms with van der Waals surface area (Å²) in [5.74, 6) is 0.183. The minimum absolute atomic E-state index is 0.297. The number of para-hydroxylation sites is 1. The van der Waals surface area contributed by atoms with Gasteiger partial charge in [-0.2, -0.15) is 0 Å². The van der Waals surface area contributed by atoms with Crippen LogP contribution in [-0.4, -0.2) is 10.9 Å². The summed E-state index contributed by atoms with van der Waals surface area (Å²) in [7, 11) is 0. The van der Waals surface area contributed by atoms with Crippen molar-refractivity contribution in [2.24, 2.45) is 0 Å².